The van der Waals surface area contributed by atoms with Crippen LogP contribution in [0.4, 0.5) is 0 Å². The summed E-state index contributed by atoms with van der Waals surface area (Å²) in [5.41, 5.74) is 1.70. The molecule has 23 heavy (non-hydrogen) atoms. The van der Waals surface area contributed by atoms with E-state index >= 15 is 0 Å². The van der Waals surface area contributed by atoms with Gasteiger partial charge in [-0.25, -0.2) is 0 Å². The molecule has 120 valence electrons. The van der Waals surface area contributed by atoms with Crippen molar-refractivity contribution in [2.45, 2.75) is 6.54 Å². The van der Waals surface area contributed by atoms with Crippen LogP contribution in [0, 0.1) is 0 Å². The van der Waals surface area contributed by atoms with Crippen LogP contribution in [0.1, 0.15) is 16.1 Å². The Labute approximate surface area is 134 Å². The van der Waals surface area contributed by atoms with Crippen molar-refractivity contribution in [2.24, 2.45) is 0 Å². The fourth-order valence-electron chi connectivity index (χ4n) is 2.65. The number of fused-ring (bicyclic) bond motifs is 1. The third-order valence-electron chi connectivity index (χ3n) is 3.83. The van der Waals surface area contributed by atoms with Gasteiger partial charge in [0, 0.05) is 36.3 Å². The van der Waals surface area contributed by atoms with E-state index in [-0.39, 0.29) is 5.78 Å². The second kappa shape index (κ2) is 7.26. The number of aromatic nitrogens is 1. The zero-order chi connectivity index (χ0) is 16.1. The first-order chi connectivity index (χ1) is 11.3. The van der Waals surface area contributed by atoms with Crippen LogP contribution < -0.4 is 0 Å². The number of ether oxygens (including phenoxy) is 1. The highest BCUT2D eigenvalue weighted by Crippen LogP contribution is 2.18. The van der Waals surface area contributed by atoms with Gasteiger partial charge in [-0.15, -0.1) is 0 Å². The first-order valence-electron chi connectivity index (χ1n) is 7.61. The molecular weight excluding hydrogens is 292 g/mol. The molecule has 1 N–H and O–H groups in total. The standard InChI is InChI=1S/C18H20N2O3/c1-22-10-8-20(12-14-5-4-9-23-14)13-18(21)16-11-19-17-7-3-2-6-15(16)17/h2-7,9,11,19H,8,10,12-13H2,1H3. The Morgan fingerprint density at radius 2 is 2.13 bits per heavy atom. The Hall–Kier alpha value is -2.37. The summed E-state index contributed by atoms with van der Waals surface area (Å²) in [4.78, 5) is 17.9. The van der Waals surface area contributed by atoms with Crippen molar-refractivity contribution in [1.29, 1.82) is 0 Å². The van der Waals surface area contributed by atoms with Crippen LogP contribution in [0.2, 0.25) is 0 Å². The third kappa shape index (κ3) is 3.70. The predicted molar refractivity (Wildman–Crippen MR) is 88.5 cm³/mol. The van der Waals surface area contributed by atoms with Crippen molar-refractivity contribution < 1.29 is 13.9 Å². The predicted octanol–water partition coefficient (Wildman–Crippen LogP) is 3.09. The molecule has 3 rings (SSSR count). The molecular formula is C18H20N2O3. The molecule has 0 aliphatic rings. The molecule has 0 radical (unpaired) electrons. The molecule has 0 fully saturated rings. The quantitative estimate of drug-likeness (QED) is 0.649. The molecule has 0 bridgehead atoms. The number of nitrogens with zero attached hydrogens (tertiary/aromatic N) is 1. The average Bonchev–Trinajstić information content (AvgIpc) is 3.21. The molecule has 0 aliphatic carbocycles. The number of rotatable bonds is 8. The highest BCUT2D eigenvalue weighted by atomic mass is 16.5. The number of hydrogen-bond acceptors (Lipinski definition) is 4. The second-order valence-corrected chi connectivity index (χ2v) is 5.45. The number of para-hydroxylation sites is 1. The van der Waals surface area contributed by atoms with Crippen LogP contribution in [-0.4, -0.2) is 42.5 Å². The fraction of sp³-hybridized carbons (Fsp3) is 0.278. The summed E-state index contributed by atoms with van der Waals surface area (Å²) < 4.78 is 10.5. The van der Waals surface area contributed by atoms with Gasteiger partial charge in [0.1, 0.15) is 5.76 Å². The molecule has 0 saturated carbocycles. The van der Waals surface area contributed by atoms with Gasteiger partial charge in [0.25, 0.3) is 0 Å². The first kappa shape index (κ1) is 15.5. The number of carbonyl (C=O) groups is 1. The molecule has 0 unspecified atom stereocenters. The number of benzene rings is 1. The minimum absolute atomic E-state index is 0.0881. The first-order valence-corrected chi connectivity index (χ1v) is 7.61. The summed E-state index contributed by atoms with van der Waals surface area (Å²) >= 11 is 0. The largest absolute Gasteiger partial charge is 0.468 e. The van der Waals surface area contributed by atoms with E-state index in [1.54, 1.807) is 19.6 Å². The molecule has 0 amide bonds. The SMILES string of the molecule is COCCN(CC(=O)c1c[nH]c2ccccc12)Cc1ccco1. The van der Waals surface area contributed by atoms with E-state index in [1.807, 2.05) is 41.3 Å². The molecule has 0 saturated heterocycles. The van der Waals surface area contributed by atoms with Crippen LogP contribution in [0.15, 0.2) is 53.3 Å². The number of nitrogens with one attached hydrogen (secondary N) is 1. The normalized spacial score (nSPS) is 11.4. The number of hydrogen-bond donors (Lipinski definition) is 1. The zero-order valence-corrected chi connectivity index (χ0v) is 13.1. The van der Waals surface area contributed by atoms with Crippen molar-refractivity contribution in [3.63, 3.8) is 0 Å². The van der Waals surface area contributed by atoms with E-state index in [1.165, 1.54) is 0 Å². The summed E-state index contributed by atoms with van der Waals surface area (Å²) in [5.74, 6) is 0.929. The van der Waals surface area contributed by atoms with E-state index in [0.29, 0.717) is 26.2 Å². The zero-order valence-electron chi connectivity index (χ0n) is 13.1. The third-order valence-corrected chi connectivity index (χ3v) is 3.83. The summed E-state index contributed by atoms with van der Waals surface area (Å²) in [6.07, 6.45) is 3.43. The number of furan rings is 1. The van der Waals surface area contributed by atoms with Gasteiger partial charge in [-0.3, -0.25) is 9.69 Å². The van der Waals surface area contributed by atoms with E-state index in [4.69, 9.17) is 9.15 Å². The summed E-state index contributed by atoms with van der Waals surface area (Å²) in [6, 6.07) is 11.6. The van der Waals surface area contributed by atoms with Crippen LogP contribution in [-0.2, 0) is 11.3 Å². The number of carbonyl (C=O) groups excluding carboxylic acids is 1. The number of aromatic amines is 1. The van der Waals surface area contributed by atoms with Crippen molar-refractivity contribution in [2.75, 3.05) is 26.8 Å². The van der Waals surface area contributed by atoms with Crippen molar-refractivity contribution in [1.82, 2.24) is 9.88 Å². The number of methoxy groups -OCH3 is 1. The molecule has 2 aromatic heterocycles. The van der Waals surface area contributed by atoms with E-state index < -0.39 is 0 Å². The van der Waals surface area contributed by atoms with Crippen LogP contribution in [0.5, 0.6) is 0 Å². The van der Waals surface area contributed by atoms with Gasteiger partial charge in [0.2, 0.25) is 0 Å². The van der Waals surface area contributed by atoms with Gasteiger partial charge in [-0.2, -0.15) is 0 Å². The van der Waals surface area contributed by atoms with Crippen molar-refractivity contribution in [3.8, 4) is 0 Å². The molecule has 0 spiro atoms. The molecule has 0 aliphatic heterocycles. The lowest BCUT2D eigenvalue weighted by atomic mass is 10.1. The summed E-state index contributed by atoms with van der Waals surface area (Å²) in [7, 11) is 1.66. The van der Waals surface area contributed by atoms with Crippen LogP contribution >= 0.6 is 0 Å². The second-order valence-electron chi connectivity index (χ2n) is 5.45. The number of ketones is 1. The minimum Gasteiger partial charge on any atom is -0.468 e. The van der Waals surface area contributed by atoms with E-state index in [9.17, 15) is 4.79 Å². The Morgan fingerprint density at radius 3 is 2.91 bits per heavy atom. The van der Waals surface area contributed by atoms with Gasteiger partial charge < -0.3 is 14.1 Å². The summed E-state index contributed by atoms with van der Waals surface area (Å²) in [5, 5.41) is 0.960. The van der Waals surface area contributed by atoms with Crippen molar-refractivity contribution >= 4 is 16.7 Å². The maximum Gasteiger partial charge on any atom is 0.178 e. The maximum atomic E-state index is 12.7. The molecule has 3 aromatic rings. The van der Waals surface area contributed by atoms with Crippen molar-refractivity contribution in [3.05, 3.63) is 60.2 Å². The van der Waals surface area contributed by atoms with Gasteiger partial charge >= 0.3 is 0 Å². The van der Waals surface area contributed by atoms with Gasteiger partial charge in [0.05, 0.1) is 26.0 Å². The lowest BCUT2D eigenvalue weighted by molar-refractivity contribution is 0.0880. The number of Topliss-reactive ketones (excluding diaryl/α,β-unsaturated/α-hetero) is 1. The Morgan fingerprint density at radius 1 is 1.26 bits per heavy atom. The Kier molecular flexibility index (Phi) is 4.90. The van der Waals surface area contributed by atoms with E-state index in [2.05, 4.69) is 4.98 Å². The molecule has 5 heteroatoms. The maximum absolute atomic E-state index is 12.7. The molecule has 0 atom stereocenters. The molecule has 5 nitrogen and oxygen atoms in total. The molecule has 1 aromatic carbocycles. The lowest BCUT2D eigenvalue weighted by Gasteiger charge is -2.19. The van der Waals surface area contributed by atoms with Gasteiger partial charge in [0.15, 0.2) is 5.78 Å². The molecule has 2 heterocycles. The smallest absolute Gasteiger partial charge is 0.178 e. The Balaban J connectivity index is 1.74. The monoisotopic (exact) mass is 312 g/mol. The Bertz CT molecular complexity index is 762. The topological polar surface area (TPSA) is 58.5 Å². The van der Waals surface area contributed by atoms with Gasteiger partial charge in [-0.1, -0.05) is 18.2 Å². The highest BCUT2D eigenvalue weighted by molar-refractivity contribution is 6.08. The summed E-state index contributed by atoms with van der Waals surface area (Å²) in [6.45, 7) is 2.16. The van der Waals surface area contributed by atoms with E-state index in [0.717, 1.165) is 22.2 Å². The van der Waals surface area contributed by atoms with Crippen LogP contribution in [0.3, 0.4) is 0 Å². The minimum atomic E-state index is 0.0881. The van der Waals surface area contributed by atoms with Gasteiger partial charge in [-0.05, 0) is 18.2 Å². The lowest BCUT2D eigenvalue weighted by Crippen LogP contribution is -2.32. The van der Waals surface area contributed by atoms with Crippen LogP contribution in [0.25, 0.3) is 10.9 Å². The highest BCUT2D eigenvalue weighted by Gasteiger charge is 2.17. The average molecular weight is 312 g/mol. The fourth-order valence-corrected chi connectivity index (χ4v) is 2.65. The number of H-pyrrole nitrogens is 1.